The number of unbranched alkanes of at least 4 members (excludes halogenated alkanes) is 2. The van der Waals surface area contributed by atoms with Gasteiger partial charge < -0.3 is 10.6 Å². The van der Waals surface area contributed by atoms with Crippen molar-refractivity contribution in [3.05, 3.63) is 22.0 Å². The fourth-order valence-corrected chi connectivity index (χ4v) is 2.03. The van der Waals surface area contributed by atoms with Crippen molar-refractivity contribution in [1.29, 1.82) is 0 Å². The Kier molecular flexibility index (Phi) is 8.30. The minimum Gasteiger partial charge on any atom is -0.684 e. The van der Waals surface area contributed by atoms with Gasteiger partial charge in [0.1, 0.15) is 0 Å². The second-order valence-electron chi connectivity index (χ2n) is 7.67. The van der Waals surface area contributed by atoms with Crippen molar-refractivity contribution in [2.45, 2.75) is 105 Å². The van der Waals surface area contributed by atoms with E-state index in [1.807, 2.05) is 0 Å². The second-order valence-corrected chi connectivity index (χ2v) is 7.67. The van der Waals surface area contributed by atoms with E-state index in [9.17, 15) is 0 Å². The van der Waals surface area contributed by atoms with Crippen molar-refractivity contribution in [2.75, 3.05) is 0 Å². The maximum absolute atomic E-state index is 4.97. The highest BCUT2D eigenvalue weighted by Crippen LogP contribution is 2.35. The highest BCUT2D eigenvalue weighted by Gasteiger charge is 2.04. The van der Waals surface area contributed by atoms with E-state index in [1.54, 1.807) is 0 Å². The molecule has 0 bridgehead atoms. The maximum Gasteiger partial charge on any atom is -0.0503 e. The fraction of sp³-hybridized carbons (Fsp3) is 0.889. The van der Waals surface area contributed by atoms with E-state index >= 15 is 0 Å². The van der Waals surface area contributed by atoms with E-state index in [2.05, 4.69) is 55.4 Å². The van der Waals surface area contributed by atoms with Crippen LogP contribution in [0.15, 0.2) is 11.4 Å². The molecule has 0 rings (SSSR count). The first-order valence-electron chi connectivity index (χ1n) is 8.27. The quantitative estimate of drug-likeness (QED) is 0.461. The zero-order chi connectivity index (χ0) is 15.8. The number of rotatable bonds is 8. The molecule has 20 heavy (non-hydrogen) atoms. The van der Waals surface area contributed by atoms with E-state index in [4.69, 9.17) is 10.6 Å². The SMILES string of the molecule is CCCCC([N-]C(C)(C)C)=C(CCCC)[N-]C(C)(C)C. The van der Waals surface area contributed by atoms with Crippen LogP contribution in [0.5, 0.6) is 0 Å². The van der Waals surface area contributed by atoms with Crippen LogP contribution in [0.25, 0.3) is 10.6 Å². The molecule has 0 radical (unpaired) electrons. The molecule has 0 saturated carbocycles. The predicted molar refractivity (Wildman–Crippen MR) is 92.3 cm³/mol. The Morgan fingerprint density at radius 1 is 0.650 bits per heavy atom. The molecular weight excluding hydrogens is 244 g/mol. The van der Waals surface area contributed by atoms with E-state index in [0.29, 0.717) is 0 Å². The Morgan fingerprint density at radius 2 is 0.950 bits per heavy atom. The van der Waals surface area contributed by atoms with Crippen LogP contribution in [-0.2, 0) is 0 Å². The molecular formula is C18H36N2-2. The van der Waals surface area contributed by atoms with Crippen LogP contribution in [0.1, 0.15) is 93.9 Å². The van der Waals surface area contributed by atoms with E-state index in [1.165, 1.54) is 37.1 Å². The van der Waals surface area contributed by atoms with Crippen LogP contribution < -0.4 is 0 Å². The summed E-state index contributed by atoms with van der Waals surface area (Å²) in [6, 6.07) is 0. The van der Waals surface area contributed by atoms with Crippen molar-refractivity contribution in [3.63, 3.8) is 0 Å². The first-order chi connectivity index (χ1) is 9.09. The lowest BCUT2D eigenvalue weighted by Gasteiger charge is -2.49. The summed E-state index contributed by atoms with van der Waals surface area (Å²) in [4.78, 5) is 0. The smallest absolute Gasteiger partial charge is 0.0503 e. The molecule has 120 valence electrons. The molecule has 2 heteroatoms. The number of nitrogens with zero attached hydrogens (tertiary/aromatic N) is 2. The van der Waals surface area contributed by atoms with Gasteiger partial charge in [0, 0.05) is 0 Å². The van der Waals surface area contributed by atoms with Gasteiger partial charge in [0.05, 0.1) is 0 Å². The molecule has 0 fully saturated rings. The van der Waals surface area contributed by atoms with Gasteiger partial charge in [-0.05, 0) is 0 Å². The average Bonchev–Trinajstić information content (AvgIpc) is 2.27. The molecule has 0 aromatic heterocycles. The molecule has 0 aliphatic rings. The van der Waals surface area contributed by atoms with Crippen LogP contribution in [-0.4, -0.2) is 11.1 Å². The summed E-state index contributed by atoms with van der Waals surface area (Å²) in [7, 11) is 0. The van der Waals surface area contributed by atoms with Gasteiger partial charge in [0.15, 0.2) is 0 Å². The van der Waals surface area contributed by atoms with Gasteiger partial charge in [-0.3, -0.25) is 0 Å². The molecule has 0 aromatic rings. The summed E-state index contributed by atoms with van der Waals surface area (Å²) >= 11 is 0. The molecule has 0 saturated heterocycles. The topological polar surface area (TPSA) is 28.2 Å². The monoisotopic (exact) mass is 280 g/mol. The summed E-state index contributed by atoms with van der Waals surface area (Å²) in [5, 5.41) is 9.94. The summed E-state index contributed by atoms with van der Waals surface area (Å²) < 4.78 is 0. The molecule has 0 N–H and O–H groups in total. The van der Waals surface area contributed by atoms with E-state index in [0.717, 1.165) is 12.8 Å². The third-order valence-corrected chi connectivity index (χ3v) is 2.81. The zero-order valence-corrected chi connectivity index (χ0v) is 15.1. The van der Waals surface area contributed by atoms with Crippen LogP contribution >= 0.6 is 0 Å². The third kappa shape index (κ3) is 10.2. The number of allylic oxidation sites excluding steroid dienone is 2. The highest BCUT2D eigenvalue weighted by atomic mass is 15.0. The Labute approximate surface area is 127 Å². The van der Waals surface area contributed by atoms with Gasteiger partial charge in [-0.1, -0.05) is 93.9 Å². The second kappa shape index (κ2) is 8.59. The van der Waals surface area contributed by atoms with Gasteiger partial charge in [0.25, 0.3) is 0 Å². The molecule has 0 heterocycles. The van der Waals surface area contributed by atoms with Crippen molar-refractivity contribution >= 4 is 0 Å². The molecule has 0 aromatic carbocycles. The molecule has 0 spiro atoms. The summed E-state index contributed by atoms with van der Waals surface area (Å²) in [6.45, 7) is 17.5. The summed E-state index contributed by atoms with van der Waals surface area (Å²) in [5.41, 5.74) is 2.44. The minimum atomic E-state index is -0.0199. The van der Waals surface area contributed by atoms with E-state index < -0.39 is 0 Å². The largest absolute Gasteiger partial charge is 0.684 e. The average molecular weight is 280 g/mol. The van der Waals surface area contributed by atoms with Crippen LogP contribution in [0.4, 0.5) is 0 Å². The van der Waals surface area contributed by atoms with Crippen molar-refractivity contribution in [2.24, 2.45) is 0 Å². The molecule has 0 amide bonds. The van der Waals surface area contributed by atoms with Gasteiger partial charge >= 0.3 is 0 Å². The Balaban J connectivity index is 5.21. The lowest BCUT2D eigenvalue weighted by molar-refractivity contribution is 0.618. The Bertz CT molecular complexity index is 260. The van der Waals surface area contributed by atoms with Gasteiger partial charge in [-0.25, -0.2) is 0 Å². The minimum absolute atomic E-state index is 0.0199. The standard InChI is InChI=1S/C18H36N2/c1-9-11-13-15(19-17(3,4)5)16(14-12-10-2)20-18(6,7)8/h9-14H2,1-8H3/q-2. The van der Waals surface area contributed by atoms with Crippen molar-refractivity contribution in [1.82, 2.24) is 0 Å². The fourth-order valence-electron chi connectivity index (χ4n) is 2.03. The van der Waals surface area contributed by atoms with Crippen LogP contribution in [0.3, 0.4) is 0 Å². The summed E-state index contributed by atoms with van der Waals surface area (Å²) in [6.07, 6.45) is 6.94. The normalized spacial score (nSPS) is 14.0. The van der Waals surface area contributed by atoms with Crippen LogP contribution in [0.2, 0.25) is 0 Å². The number of hydrogen-bond acceptors (Lipinski definition) is 0. The molecule has 0 aliphatic carbocycles. The molecule has 2 nitrogen and oxygen atoms in total. The van der Waals surface area contributed by atoms with Crippen molar-refractivity contribution < 1.29 is 0 Å². The molecule has 0 unspecified atom stereocenters. The zero-order valence-electron chi connectivity index (χ0n) is 15.1. The lowest BCUT2D eigenvalue weighted by atomic mass is 10.0. The maximum atomic E-state index is 4.97. The number of hydrogen-bond donors (Lipinski definition) is 0. The first-order valence-corrected chi connectivity index (χ1v) is 8.27. The lowest BCUT2D eigenvalue weighted by Crippen LogP contribution is -2.17. The third-order valence-electron chi connectivity index (χ3n) is 2.81. The first kappa shape index (κ1) is 19.3. The predicted octanol–water partition coefficient (Wildman–Crippen LogP) is 6.92. The van der Waals surface area contributed by atoms with Gasteiger partial charge in [0.2, 0.25) is 0 Å². The Morgan fingerprint density at radius 3 is 1.15 bits per heavy atom. The van der Waals surface area contributed by atoms with Gasteiger partial charge in [-0.2, -0.15) is 11.4 Å². The summed E-state index contributed by atoms with van der Waals surface area (Å²) in [5.74, 6) is 0. The molecule has 0 aliphatic heterocycles. The van der Waals surface area contributed by atoms with E-state index in [-0.39, 0.29) is 11.1 Å². The highest BCUT2D eigenvalue weighted by molar-refractivity contribution is 5.37. The van der Waals surface area contributed by atoms with Gasteiger partial charge in [-0.15, -0.1) is 11.1 Å². The molecule has 0 atom stereocenters. The Hall–Kier alpha value is -0.660. The van der Waals surface area contributed by atoms with Crippen molar-refractivity contribution in [3.8, 4) is 0 Å². The van der Waals surface area contributed by atoms with Crippen LogP contribution in [0, 0.1) is 0 Å².